The van der Waals surface area contributed by atoms with E-state index >= 15 is 0 Å². The van der Waals surface area contributed by atoms with Crippen LogP contribution in [0.5, 0.6) is 0 Å². The van der Waals surface area contributed by atoms with E-state index in [9.17, 15) is 9.59 Å². The van der Waals surface area contributed by atoms with Crippen molar-refractivity contribution in [1.82, 2.24) is 20.0 Å². The number of hydrogen-bond donors (Lipinski definition) is 1. The average molecular weight is 412 g/mol. The maximum absolute atomic E-state index is 12.9. The van der Waals surface area contributed by atoms with Gasteiger partial charge in [-0.2, -0.15) is 5.10 Å². The van der Waals surface area contributed by atoms with Gasteiger partial charge in [0.15, 0.2) is 0 Å². The Morgan fingerprint density at radius 3 is 2.37 bits per heavy atom. The number of amides is 2. The van der Waals surface area contributed by atoms with E-state index in [1.54, 1.807) is 24.1 Å². The minimum Gasteiger partial charge on any atom is -0.369 e. The first-order valence-electron chi connectivity index (χ1n) is 10.8. The molecule has 1 aromatic heterocycles. The number of hydrogen-bond acceptors (Lipinski definition) is 4. The molecule has 0 aliphatic carbocycles. The Hall–Kier alpha value is -2.83. The van der Waals surface area contributed by atoms with E-state index in [0.717, 1.165) is 43.7 Å². The molecule has 1 saturated heterocycles. The molecule has 1 N–H and O–H groups in total. The summed E-state index contributed by atoms with van der Waals surface area (Å²) in [6.45, 7) is 9.50. The monoisotopic (exact) mass is 411 g/mol. The predicted molar refractivity (Wildman–Crippen MR) is 119 cm³/mol. The maximum atomic E-state index is 12.9. The van der Waals surface area contributed by atoms with Crippen molar-refractivity contribution in [2.24, 2.45) is 13.0 Å². The molecule has 0 atom stereocenters. The molecule has 30 heavy (non-hydrogen) atoms. The van der Waals surface area contributed by atoms with Gasteiger partial charge in [-0.3, -0.25) is 14.3 Å². The first-order chi connectivity index (χ1) is 14.4. The smallest absolute Gasteiger partial charge is 0.254 e. The van der Waals surface area contributed by atoms with Gasteiger partial charge < -0.3 is 15.1 Å². The summed E-state index contributed by atoms with van der Waals surface area (Å²) < 4.78 is 1.62. The minimum absolute atomic E-state index is 0.0898. The second-order valence-corrected chi connectivity index (χ2v) is 8.27. The number of carbonyl (C=O) groups excluding carboxylic acids is 2. The van der Waals surface area contributed by atoms with Crippen molar-refractivity contribution in [3.63, 3.8) is 0 Å². The first-order valence-corrected chi connectivity index (χ1v) is 10.8. The van der Waals surface area contributed by atoms with E-state index in [2.05, 4.69) is 36.1 Å². The Morgan fingerprint density at radius 1 is 1.17 bits per heavy atom. The molecule has 0 spiro atoms. The number of nitrogens with one attached hydrogen (secondary N) is 1. The van der Waals surface area contributed by atoms with Crippen LogP contribution in [-0.2, 0) is 7.05 Å². The molecule has 7 nitrogen and oxygen atoms in total. The van der Waals surface area contributed by atoms with Crippen LogP contribution < -0.4 is 10.2 Å². The van der Waals surface area contributed by atoms with Crippen molar-refractivity contribution in [2.45, 2.75) is 39.7 Å². The highest BCUT2D eigenvalue weighted by atomic mass is 16.2. The second-order valence-electron chi connectivity index (χ2n) is 8.27. The van der Waals surface area contributed by atoms with Crippen LogP contribution in [0.1, 0.15) is 54.3 Å². The Balaban J connectivity index is 1.48. The maximum Gasteiger partial charge on any atom is 0.254 e. The number of aromatic nitrogens is 2. The summed E-state index contributed by atoms with van der Waals surface area (Å²) in [6, 6.07) is 8.37. The quantitative estimate of drug-likeness (QED) is 0.761. The van der Waals surface area contributed by atoms with Crippen LogP contribution in [0.2, 0.25) is 0 Å². The van der Waals surface area contributed by atoms with Gasteiger partial charge in [-0.1, -0.05) is 0 Å². The molecule has 2 heterocycles. The van der Waals surface area contributed by atoms with Gasteiger partial charge in [0.25, 0.3) is 11.8 Å². The van der Waals surface area contributed by atoms with Gasteiger partial charge in [-0.05, 0) is 63.8 Å². The zero-order valence-electron chi connectivity index (χ0n) is 18.5. The van der Waals surface area contributed by atoms with Crippen molar-refractivity contribution in [2.75, 3.05) is 31.1 Å². The summed E-state index contributed by atoms with van der Waals surface area (Å²) in [5.41, 5.74) is 2.46. The second kappa shape index (κ2) is 9.78. The number of rotatable bonds is 7. The average Bonchev–Trinajstić information content (AvgIpc) is 3.19. The largest absolute Gasteiger partial charge is 0.369 e. The topological polar surface area (TPSA) is 70.5 Å². The van der Waals surface area contributed by atoms with E-state index in [0.29, 0.717) is 24.1 Å². The molecule has 7 heteroatoms. The van der Waals surface area contributed by atoms with Crippen LogP contribution >= 0.6 is 0 Å². The molecule has 1 aliphatic rings. The van der Waals surface area contributed by atoms with E-state index in [1.165, 1.54) is 0 Å². The van der Waals surface area contributed by atoms with Crippen LogP contribution in [0.25, 0.3) is 0 Å². The molecule has 0 saturated carbocycles. The number of piperidine rings is 1. The third kappa shape index (κ3) is 5.20. The molecule has 0 bridgehead atoms. The van der Waals surface area contributed by atoms with Gasteiger partial charge in [0.2, 0.25) is 0 Å². The normalized spacial score (nSPS) is 14.8. The third-order valence-electron chi connectivity index (χ3n) is 5.83. The van der Waals surface area contributed by atoms with E-state index in [-0.39, 0.29) is 11.8 Å². The Bertz CT molecular complexity index is 851. The van der Waals surface area contributed by atoms with Gasteiger partial charge in [0, 0.05) is 56.7 Å². The van der Waals surface area contributed by atoms with E-state index in [1.807, 2.05) is 29.2 Å². The molecule has 0 unspecified atom stereocenters. The lowest BCUT2D eigenvalue weighted by atomic mass is 9.96. The fourth-order valence-electron chi connectivity index (χ4n) is 4.04. The summed E-state index contributed by atoms with van der Waals surface area (Å²) in [6.07, 6.45) is 5.08. The number of carbonyl (C=O) groups is 2. The molecule has 162 valence electrons. The third-order valence-corrected chi connectivity index (χ3v) is 5.83. The van der Waals surface area contributed by atoms with Crippen LogP contribution in [0, 0.1) is 5.92 Å². The summed E-state index contributed by atoms with van der Waals surface area (Å²) in [4.78, 5) is 29.3. The SMILES string of the molecule is CCN(c1ccc(C(=O)N2CCC(CNC(=O)c3cnn(C)c3)CC2)cc1)C(C)C. The van der Waals surface area contributed by atoms with Crippen LogP contribution in [-0.4, -0.2) is 58.7 Å². The molecule has 3 rings (SSSR count). The number of anilines is 1. The van der Waals surface area contributed by atoms with E-state index in [4.69, 9.17) is 0 Å². The molecular formula is C23H33N5O2. The highest BCUT2D eigenvalue weighted by molar-refractivity contribution is 5.95. The van der Waals surface area contributed by atoms with E-state index < -0.39 is 0 Å². The molecular weight excluding hydrogens is 378 g/mol. The standard InChI is InChI=1S/C23H33N5O2/c1-5-28(17(2)3)21-8-6-19(7-9-21)23(30)27-12-10-18(11-13-27)14-24-22(29)20-15-25-26(4)16-20/h6-9,15-18H,5,10-14H2,1-4H3,(H,24,29). The summed E-state index contributed by atoms with van der Waals surface area (Å²) >= 11 is 0. The number of nitrogens with zero attached hydrogens (tertiary/aromatic N) is 4. The Morgan fingerprint density at radius 2 is 1.83 bits per heavy atom. The predicted octanol–water partition coefficient (Wildman–Crippen LogP) is 2.94. The first kappa shape index (κ1) is 21.9. The van der Waals surface area contributed by atoms with Crippen molar-refractivity contribution in [3.8, 4) is 0 Å². The van der Waals surface area contributed by atoms with Crippen molar-refractivity contribution >= 4 is 17.5 Å². The van der Waals surface area contributed by atoms with Crippen molar-refractivity contribution in [3.05, 3.63) is 47.8 Å². The summed E-state index contributed by atoms with van der Waals surface area (Å²) in [7, 11) is 1.79. The number of aryl methyl sites for hydroxylation is 1. The molecule has 2 amide bonds. The van der Waals surface area contributed by atoms with Gasteiger partial charge in [-0.15, -0.1) is 0 Å². The summed E-state index contributed by atoms with van der Waals surface area (Å²) in [5.74, 6) is 0.386. The number of likely N-dealkylation sites (tertiary alicyclic amines) is 1. The van der Waals surface area contributed by atoms with Crippen LogP contribution in [0.3, 0.4) is 0 Å². The van der Waals surface area contributed by atoms with Crippen molar-refractivity contribution in [1.29, 1.82) is 0 Å². The highest BCUT2D eigenvalue weighted by Crippen LogP contribution is 2.21. The van der Waals surface area contributed by atoms with Gasteiger partial charge in [-0.25, -0.2) is 0 Å². The Kier molecular flexibility index (Phi) is 7.13. The molecule has 1 aromatic carbocycles. The highest BCUT2D eigenvalue weighted by Gasteiger charge is 2.24. The van der Waals surface area contributed by atoms with Crippen LogP contribution in [0.4, 0.5) is 5.69 Å². The molecule has 0 radical (unpaired) electrons. The van der Waals surface area contributed by atoms with Crippen molar-refractivity contribution < 1.29 is 9.59 Å². The zero-order chi connectivity index (χ0) is 21.7. The fourth-order valence-corrected chi connectivity index (χ4v) is 4.04. The zero-order valence-corrected chi connectivity index (χ0v) is 18.5. The fraction of sp³-hybridized carbons (Fsp3) is 0.522. The van der Waals surface area contributed by atoms with Gasteiger partial charge in [0.1, 0.15) is 0 Å². The van der Waals surface area contributed by atoms with Gasteiger partial charge >= 0.3 is 0 Å². The lowest BCUT2D eigenvalue weighted by Crippen LogP contribution is -2.41. The van der Waals surface area contributed by atoms with Gasteiger partial charge in [0.05, 0.1) is 11.8 Å². The molecule has 1 fully saturated rings. The summed E-state index contributed by atoms with van der Waals surface area (Å²) in [5, 5.41) is 7.02. The molecule has 2 aromatic rings. The lowest BCUT2D eigenvalue weighted by Gasteiger charge is -2.32. The Labute approximate surface area is 179 Å². The number of benzene rings is 1. The molecule has 1 aliphatic heterocycles. The lowest BCUT2D eigenvalue weighted by molar-refractivity contribution is 0.0684. The minimum atomic E-state index is -0.0933. The van der Waals surface area contributed by atoms with Crippen LogP contribution in [0.15, 0.2) is 36.7 Å².